The largest absolute Gasteiger partial charge is 0.346 e. The van der Waals surface area contributed by atoms with Crippen LogP contribution in [-0.2, 0) is 9.59 Å². The first-order valence-corrected chi connectivity index (χ1v) is 9.54. The first kappa shape index (κ1) is 19.0. The molecule has 1 unspecified atom stereocenters. The van der Waals surface area contributed by atoms with Gasteiger partial charge in [-0.05, 0) is 55.5 Å². The maximum atomic E-state index is 12.4. The number of hydrogen-bond donors (Lipinski definition) is 2. The number of likely N-dealkylation sites (N-methyl/N-ethyl adjacent to an activating group) is 1. The van der Waals surface area contributed by atoms with E-state index in [1.54, 1.807) is 17.4 Å². The Labute approximate surface area is 162 Å². The van der Waals surface area contributed by atoms with Crippen molar-refractivity contribution in [2.75, 3.05) is 26.0 Å². The van der Waals surface area contributed by atoms with Crippen LogP contribution in [0, 0.1) is 6.92 Å². The van der Waals surface area contributed by atoms with Gasteiger partial charge in [-0.15, -0.1) is 0 Å². The molecule has 0 radical (unpaired) electrons. The van der Waals surface area contributed by atoms with E-state index in [1.807, 2.05) is 67.0 Å². The van der Waals surface area contributed by atoms with E-state index in [9.17, 15) is 9.59 Å². The van der Waals surface area contributed by atoms with Gasteiger partial charge in [0.2, 0.25) is 0 Å². The summed E-state index contributed by atoms with van der Waals surface area (Å²) < 4.78 is 0. The van der Waals surface area contributed by atoms with E-state index in [4.69, 9.17) is 0 Å². The van der Waals surface area contributed by atoms with Gasteiger partial charge in [0.25, 0.3) is 0 Å². The molecular weight excluding hydrogens is 360 g/mol. The fourth-order valence-corrected chi connectivity index (χ4v) is 3.63. The highest BCUT2D eigenvalue weighted by Crippen LogP contribution is 2.23. The lowest BCUT2D eigenvalue weighted by atomic mass is 10.1. The van der Waals surface area contributed by atoms with E-state index in [1.165, 1.54) is 0 Å². The van der Waals surface area contributed by atoms with Crippen molar-refractivity contribution in [2.24, 2.45) is 0 Å². The highest BCUT2D eigenvalue weighted by atomic mass is 32.1. The summed E-state index contributed by atoms with van der Waals surface area (Å²) in [5.74, 6) is -1.34. The second-order valence-corrected chi connectivity index (χ2v) is 7.31. The molecule has 0 aliphatic carbocycles. The second-order valence-electron chi connectivity index (χ2n) is 6.53. The van der Waals surface area contributed by atoms with Gasteiger partial charge in [-0.3, -0.25) is 14.6 Å². The standard InChI is InChI=1S/C20H22N4O2S/c1-13-10-17(15-6-4-5-7-16(15)22-13)23-20(26)19(25)21-11-18(24(2)3)14-8-9-27-12-14/h4-10,12,18H,11H2,1-3H3,(H,21,25)(H,22,23,26). The molecule has 0 aliphatic rings. The Bertz CT molecular complexity index is 954. The smallest absolute Gasteiger partial charge is 0.313 e. The molecule has 1 aromatic carbocycles. The van der Waals surface area contributed by atoms with Gasteiger partial charge < -0.3 is 15.5 Å². The van der Waals surface area contributed by atoms with E-state index in [-0.39, 0.29) is 6.04 Å². The minimum absolute atomic E-state index is 0.0111. The molecule has 2 amide bonds. The molecule has 140 valence electrons. The normalized spacial score (nSPS) is 12.1. The number of aromatic nitrogens is 1. The van der Waals surface area contributed by atoms with Gasteiger partial charge >= 0.3 is 11.8 Å². The number of thiophene rings is 1. The molecule has 0 spiro atoms. The minimum Gasteiger partial charge on any atom is -0.346 e. The van der Waals surface area contributed by atoms with Crippen molar-refractivity contribution in [1.29, 1.82) is 0 Å². The number of fused-ring (bicyclic) bond motifs is 1. The second kappa shape index (κ2) is 8.28. The summed E-state index contributed by atoms with van der Waals surface area (Å²) in [6.45, 7) is 2.21. The predicted molar refractivity (Wildman–Crippen MR) is 109 cm³/mol. The van der Waals surface area contributed by atoms with Crippen LogP contribution in [0.3, 0.4) is 0 Å². The van der Waals surface area contributed by atoms with Gasteiger partial charge in [-0.25, -0.2) is 0 Å². The van der Waals surface area contributed by atoms with Crippen LogP contribution < -0.4 is 10.6 Å². The van der Waals surface area contributed by atoms with Crippen molar-refractivity contribution < 1.29 is 9.59 Å². The van der Waals surface area contributed by atoms with Crippen molar-refractivity contribution in [3.05, 3.63) is 58.4 Å². The molecule has 7 heteroatoms. The van der Waals surface area contributed by atoms with Crippen molar-refractivity contribution in [2.45, 2.75) is 13.0 Å². The van der Waals surface area contributed by atoms with Gasteiger partial charge in [0.1, 0.15) is 0 Å². The van der Waals surface area contributed by atoms with Crippen LogP contribution in [0.1, 0.15) is 17.3 Å². The third-order valence-corrected chi connectivity index (χ3v) is 5.01. The number of rotatable bonds is 5. The molecule has 0 fully saturated rings. The lowest BCUT2D eigenvalue weighted by molar-refractivity contribution is -0.136. The van der Waals surface area contributed by atoms with Crippen molar-refractivity contribution in [1.82, 2.24) is 15.2 Å². The summed E-state index contributed by atoms with van der Waals surface area (Å²) in [6.07, 6.45) is 0. The van der Waals surface area contributed by atoms with Crippen molar-refractivity contribution >= 4 is 39.7 Å². The van der Waals surface area contributed by atoms with E-state index < -0.39 is 11.8 Å². The summed E-state index contributed by atoms with van der Waals surface area (Å²) in [7, 11) is 3.89. The zero-order valence-corrected chi connectivity index (χ0v) is 16.3. The van der Waals surface area contributed by atoms with E-state index >= 15 is 0 Å². The van der Waals surface area contributed by atoms with E-state index in [0.29, 0.717) is 12.2 Å². The Morgan fingerprint density at radius 2 is 1.96 bits per heavy atom. The predicted octanol–water partition coefficient (Wildman–Crippen LogP) is 2.96. The molecule has 3 rings (SSSR count). The van der Waals surface area contributed by atoms with Gasteiger partial charge in [0.05, 0.1) is 17.2 Å². The molecule has 0 bridgehead atoms. The number of benzene rings is 1. The zero-order chi connectivity index (χ0) is 19.4. The Hall–Kier alpha value is -2.77. The Morgan fingerprint density at radius 1 is 1.19 bits per heavy atom. The van der Waals surface area contributed by atoms with E-state index in [2.05, 4.69) is 15.6 Å². The molecule has 0 aliphatic heterocycles. The van der Waals surface area contributed by atoms with Crippen LogP contribution in [0.15, 0.2) is 47.2 Å². The van der Waals surface area contributed by atoms with Crippen LogP contribution in [0.25, 0.3) is 10.9 Å². The van der Waals surface area contributed by atoms with Crippen molar-refractivity contribution in [3.63, 3.8) is 0 Å². The van der Waals surface area contributed by atoms with E-state index in [0.717, 1.165) is 22.2 Å². The quantitative estimate of drug-likeness (QED) is 0.666. The molecule has 0 saturated heterocycles. The number of amides is 2. The summed E-state index contributed by atoms with van der Waals surface area (Å²) in [5.41, 5.74) is 3.24. The van der Waals surface area contributed by atoms with Gasteiger partial charge in [-0.2, -0.15) is 11.3 Å². The molecule has 3 aromatic rings. The molecule has 0 saturated carbocycles. The molecule has 2 aromatic heterocycles. The molecule has 6 nitrogen and oxygen atoms in total. The summed E-state index contributed by atoms with van der Waals surface area (Å²) >= 11 is 1.61. The first-order valence-electron chi connectivity index (χ1n) is 8.60. The minimum atomic E-state index is -0.687. The van der Waals surface area contributed by atoms with Gasteiger partial charge in [-0.1, -0.05) is 18.2 Å². The SMILES string of the molecule is Cc1cc(NC(=O)C(=O)NCC(c2ccsc2)N(C)C)c2ccccc2n1. The van der Waals surface area contributed by atoms with Crippen LogP contribution in [0.4, 0.5) is 5.69 Å². The zero-order valence-electron chi connectivity index (χ0n) is 15.5. The number of hydrogen-bond acceptors (Lipinski definition) is 5. The van der Waals surface area contributed by atoms with Crippen LogP contribution in [0.5, 0.6) is 0 Å². The summed E-state index contributed by atoms with van der Waals surface area (Å²) in [4.78, 5) is 31.1. The number of carbonyl (C=O) groups excluding carboxylic acids is 2. The fraction of sp³-hybridized carbons (Fsp3) is 0.250. The number of pyridine rings is 1. The van der Waals surface area contributed by atoms with Crippen molar-refractivity contribution in [3.8, 4) is 0 Å². The third-order valence-electron chi connectivity index (χ3n) is 4.31. The number of para-hydroxylation sites is 1. The summed E-state index contributed by atoms with van der Waals surface area (Å²) in [5, 5.41) is 10.3. The lowest BCUT2D eigenvalue weighted by Gasteiger charge is -2.23. The average Bonchev–Trinajstić information content (AvgIpc) is 3.15. The fourth-order valence-electron chi connectivity index (χ4n) is 2.92. The summed E-state index contributed by atoms with van der Waals surface area (Å²) in [6, 6.07) is 11.3. The molecule has 27 heavy (non-hydrogen) atoms. The number of nitrogens with zero attached hydrogens (tertiary/aromatic N) is 2. The first-order chi connectivity index (χ1) is 13.0. The van der Waals surface area contributed by atoms with Gasteiger partial charge in [0, 0.05) is 17.6 Å². The third kappa shape index (κ3) is 4.50. The Balaban J connectivity index is 1.69. The lowest BCUT2D eigenvalue weighted by Crippen LogP contribution is -2.40. The van der Waals surface area contributed by atoms with Crippen LogP contribution in [0.2, 0.25) is 0 Å². The highest BCUT2D eigenvalue weighted by molar-refractivity contribution is 7.08. The van der Waals surface area contributed by atoms with Crippen LogP contribution in [-0.4, -0.2) is 42.3 Å². The molecular formula is C20H22N4O2S. The monoisotopic (exact) mass is 382 g/mol. The number of nitrogens with one attached hydrogen (secondary N) is 2. The van der Waals surface area contributed by atoms with Crippen LogP contribution >= 0.6 is 11.3 Å². The number of anilines is 1. The number of aryl methyl sites for hydroxylation is 1. The maximum Gasteiger partial charge on any atom is 0.313 e. The molecule has 1 atom stereocenters. The Kier molecular flexibility index (Phi) is 5.83. The van der Waals surface area contributed by atoms with Gasteiger partial charge in [0.15, 0.2) is 0 Å². The highest BCUT2D eigenvalue weighted by Gasteiger charge is 2.20. The average molecular weight is 382 g/mol. The topological polar surface area (TPSA) is 74.3 Å². The maximum absolute atomic E-state index is 12.4. The molecule has 2 heterocycles. The Morgan fingerprint density at radius 3 is 2.67 bits per heavy atom. The number of carbonyl (C=O) groups is 2. The molecule has 2 N–H and O–H groups in total.